The van der Waals surface area contributed by atoms with E-state index in [0.717, 1.165) is 5.56 Å². The van der Waals surface area contributed by atoms with Crippen LogP contribution in [0.15, 0.2) is 38.3 Å². The number of benzene rings is 1. The van der Waals surface area contributed by atoms with Gasteiger partial charge in [-0.1, -0.05) is 6.07 Å². The first-order valence-corrected chi connectivity index (χ1v) is 8.36. The Labute approximate surface area is 148 Å². The van der Waals surface area contributed by atoms with Crippen LogP contribution in [0.25, 0.3) is 11.1 Å². The smallest absolute Gasteiger partial charge is 0.408 e. The van der Waals surface area contributed by atoms with Crippen molar-refractivity contribution in [2.24, 2.45) is 0 Å². The molecule has 0 aliphatic rings. The van der Waals surface area contributed by atoms with Crippen LogP contribution >= 0.6 is 0 Å². The van der Waals surface area contributed by atoms with Gasteiger partial charge in [0.15, 0.2) is 5.58 Å². The van der Waals surface area contributed by atoms with Crippen LogP contribution in [-0.4, -0.2) is 27.0 Å². The molecular weight excluding hydrogens is 336 g/mol. The quantitative estimate of drug-likeness (QED) is 0.686. The molecule has 0 atom stereocenters. The van der Waals surface area contributed by atoms with Crippen molar-refractivity contribution in [3.05, 3.63) is 62.3 Å². The van der Waals surface area contributed by atoms with Crippen molar-refractivity contribution in [1.82, 2.24) is 19.9 Å². The third-order valence-electron chi connectivity index (χ3n) is 3.99. The van der Waals surface area contributed by atoms with Crippen molar-refractivity contribution >= 4 is 17.0 Å². The van der Waals surface area contributed by atoms with Gasteiger partial charge in [-0.15, -0.1) is 0 Å². The molecule has 136 valence electrons. The van der Waals surface area contributed by atoms with Gasteiger partial charge in [0.05, 0.1) is 5.52 Å². The highest BCUT2D eigenvalue weighted by Crippen LogP contribution is 2.14. The zero-order chi connectivity index (χ0) is 18.7. The number of aromatic amines is 1. The molecule has 2 heterocycles. The Morgan fingerprint density at radius 2 is 2.08 bits per heavy atom. The van der Waals surface area contributed by atoms with Gasteiger partial charge in [-0.3, -0.25) is 14.2 Å². The maximum Gasteiger partial charge on any atom is 0.419 e. The molecule has 0 aliphatic heterocycles. The van der Waals surface area contributed by atoms with E-state index >= 15 is 0 Å². The van der Waals surface area contributed by atoms with Crippen molar-refractivity contribution < 1.29 is 9.21 Å². The van der Waals surface area contributed by atoms with Crippen molar-refractivity contribution in [1.29, 1.82) is 0 Å². The predicted octanol–water partition coefficient (Wildman–Crippen LogP) is 1.04. The largest absolute Gasteiger partial charge is 0.419 e. The minimum absolute atomic E-state index is 0.153. The number of aryl methyl sites for hydroxylation is 3. The van der Waals surface area contributed by atoms with Crippen LogP contribution in [-0.2, 0) is 17.8 Å². The lowest BCUT2D eigenvalue weighted by molar-refractivity contribution is -0.121. The van der Waals surface area contributed by atoms with Crippen molar-refractivity contribution in [2.45, 2.75) is 33.2 Å². The monoisotopic (exact) mass is 356 g/mol. The third-order valence-corrected chi connectivity index (χ3v) is 3.99. The van der Waals surface area contributed by atoms with E-state index in [1.54, 1.807) is 13.0 Å². The predicted molar refractivity (Wildman–Crippen MR) is 96.1 cm³/mol. The Morgan fingerprint density at radius 3 is 2.85 bits per heavy atom. The van der Waals surface area contributed by atoms with Gasteiger partial charge in [0.1, 0.15) is 5.82 Å². The summed E-state index contributed by atoms with van der Waals surface area (Å²) in [6, 6.07) is 6.89. The van der Waals surface area contributed by atoms with Gasteiger partial charge in [-0.05, 0) is 31.5 Å². The summed E-state index contributed by atoms with van der Waals surface area (Å²) >= 11 is 0. The number of fused-ring (bicyclic) bond motifs is 1. The molecule has 26 heavy (non-hydrogen) atoms. The third kappa shape index (κ3) is 4.08. The Hall–Kier alpha value is -3.16. The molecule has 3 aromatic rings. The molecule has 0 saturated carbocycles. The minimum Gasteiger partial charge on any atom is -0.408 e. The zero-order valence-corrected chi connectivity index (χ0v) is 14.7. The first kappa shape index (κ1) is 17.7. The van der Waals surface area contributed by atoms with E-state index in [4.69, 9.17) is 4.42 Å². The average Bonchev–Trinajstić information content (AvgIpc) is 2.87. The summed E-state index contributed by atoms with van der Waals surface area (Å²) in [5.74, 6) is -0.128. The molecule has 2 N–H and O–H groups in total. The number of oxazole rings is 1. The van der Waals surface area contributed by atoms with E-state index in [1.165, 1.54) is 10.6 Å². The minimum atomic E-state index is -0.472. The van der Waals surface area contributed by atoms with Crippen LogP contribution < -0.4 is 16.6 Å². The van der Waals surface area contributed by atoms with Crippen LogP contribution in [0.5, 0.6) is 0 Å². The fourth-order valence-electron chi connectivity index (χ4n) is 2.77. The zero-order valence-electron chi connectivity index (χ0n) is 14.7. The molecule has 0 aliphatic carbocycles. The molecule has 1 amide bonds. The van der Waals surface area contributed by atoms with Gasteiger partial charge >= 0.3 is 5.76 Å². The van der Waals surface area contributed by atoms with E-state index in [9.17, 15) is 14.4 Å². The molecule has 0 radical (unpaired) electrons. The van der Waals surface area contributed by atoms with Crippen LogP contribution in [0, 0.1) is 13.8 Å². The molecule has 0 fully saturated rings. The number of hydrogen-bond acceptors (Lipinski definition) is 5. The number of hydrogen-bond donors (Lipinski definition) is 2. The van der Waals surface area contributed by atoms with Crippen LogP contribution in [0.1, 0.15) is 23.5 Å². The number of amides is 1. The standard InChI is InChI=1S/C18H20N4O4/c1-11-3-4-14-13(9-11)22(18(25)26-14)8-6-16(23)19-7-5-15-20-12(2)10-17(24)21-15/h3-4,9-10H,5-8H2,1-2H3,(H,19,23)(H,20,21,24). The molecule has 3 rings (SSSR count). The SMILES string of the molecule is Cc1ccc2oc(=O)n(CCC(=O)NCCc3nc(C)cc(=O)[nH]3)c2c1. The first-order chi connectivity index (χ1) is 12.4. The fraction of sp³-hybridized carbons (Fsp3) is 0.333. The normalized spacial score (nSPS) is 11.0. The summed E-state index contributed by atoms with van der Waals surface area (Å²) in [6.45, 7) is 4.26. The lowest BCUT2D eigenvalue weighted by Crippen LogP contribution is -2.28. The van der Waals surface area contributed by atoms with Crippen molar-refractivity contribution in [2.75, 3.05) is 6.54 Å². The number of nitrogens with one attached hydrogen (secondary N) is 2. The molecule has 8 nitrogen and oxygen atoms in total. The Bertz CT molecular complexity index is 1060. The van der Waals surface area contributed by atoms with Gasteiger partial charge in [-0.2, -0.15) is 0 Å². The number of carbonyl (C=O) groups excluding carboxylic acids is 1. The van der Waals surface area contributed by atoms with Crippen LogP contribution in [0.2, 0.25) is 0 Å². The maximum atomic E-state index is 12.0. The molecule has 8 heteroatoms. The highest BCUT2D eigenvalue weighted by Gasteiger charge is 2.11. The Morgan fingerprint density at radius 1 is 1.27 bits per heavy atom. The molecule has 0 unspecified atom stereocenters. The topological polar surface area (TPSA) is 110 Å². The van der Waals surface area contributed by atoms with Gasteiger partial charge in [0.25, 0.3) is 5.56 Å². The van der Waals surface area contributed by atoms with Gasteiger partial charge in [0, 0.05) is 37.7 Å². The maximum absolute atomic E-state index is 12.0. The average molecular weight is 356 g/mol. The molecule has 0 bridgehead atoms. The molecule has 2 aromatic heterocycles. The summed E-state index contributed by atoms with van der Waals surface area (Å²) in [4.78, 5) is 42.2. The second-order valence-electron chi connectivity index (χ2n) is 6.17. The highest BCUT2D eigenvalue weighted by molar-refractivity contribution is 5.77. The summed E-state index contributed by atoms with van der Waals surface area (Å²) in [7, 11) is 0. The number of nitrogens with zero attached hydrogens (tertiary/aromatic N) is 2. The van der Waals surface area contributed by atoms with Crippen LogP contribution in [0.4, 0.5) is 0 Å². The number of aromatic nitrogens is 3. The summed E-state index contributed by atoms with van der Waals surface area (Å²) in [5.41, 5.74) is 2.63. The summed E-state index contributed by atoms with van der Waals surface area (Å²) in [6.07, 6.45) is 0.580. The lowest BCUT2D eigenvalue weighted by atomic mass is 10.2. The number of H-pyrrole nitrogens is 1. The molecule has 0 saturated heterocycles. The van der Waals surface area contributed by atoms with Gasteiger partial charge in [0.2, 0.25) is 5.91 Å². The summed E-state index contributed by atoms with van der Waals surface area (Å²) < 4.78 is 6.64. The van der Waals surface area contributed by atoms with Gasteiger partial charge in [-0.25, -0.2) is 9.78 Å². The van der Waals surface area contributed by atoms with Crippen LogP contribution in [0.3, 0.4) is 0 Å². The van der Waals surface area contributed by atoms with E-state index < -0.39 is 5.76 Å². The molecule has 1 aromatic carbocycles. The van der Waals surface area contributed by atoms with E-state index in [2.05, 4.69) is 15.3 Å². The number of rotatable bonds is 6. The van der Waals surface area contributed by atoms with E-state index in [1.807, 2.05) is 19.1 Å². The van der Waals surface area contributed by atoms with E-state index in [-0.39, 0.29) is 24.4 Å². The van der Waals surface area contributed by atoms with Crippen molar-refractivity contribution in [3.8, 4) is 0 Å². The molecular formula is C18H20N4O4. The Kier molecular flexibility index (Phi) is 5.01. The van der Waals surface area contributed by atoms with Gasteiger partial charge < -0.3 is 14.7 Å². The fourth-order valence-corrected chi connectivity index (χ4v) is 2.77. The van der Waals surface area contributed by atoms with E-state index in [0.29, 0.717) is 35.6 Å². The number of carbonyl (C=O) groups is 1. The second-order valence-corrected chi connectivity index (χ2v) is 6.17. The summed E-state index contributed by atoms with van der Waals surface area (Å²) in [5, 5.41) is 2.76. The molecule has 0 spiro atoms. The highest BCUT2D eigenvalue weighted by atomic mass is 16.4. The second kappa shape index (κ2) is 7.38. The Balaban J connectivity index is 1.56. The lowest BCUT2D eigenvalue weighted by Gasteiger charge is -2.06. The first-order valence-electron chi connectivity index (χ1n) is 8.36. The van der Waals surface area contributed by atoms with Crippen molar-refractivity contribution in [3.63, 3.8) is 0 Å².